The maximum atomic E-state index is 13.6. The highest BCUT2D eigenvalue weighted by Crippen LogP contribution is 2.28. The van der Waals surface area contributed by atoms with E-state index in [0.717, 1.165) is 0 Å². The number of halogens is 1. The molecule has 0 aliphatic heterocycles. The smallest absolute Gasteiger partial charge is 0.305 e. The van der Waals surface area contributed by atoms with Gasteiger partial charge in [0.1, 0.15) is 11.4 Å². The molecule has 2 rings (SSSR count). The van der Waals surface area contributed by atoms with Crippen LogP contribution in [0.25, 0.3) is 11.0 Å². The van der Waals surface area contributed by atoms with Crippen LogP contribution in [0.1, 0.15) is 18.0 Å². The Balaban J connectivity index is 2.52. The van der Waals surface area contributed by atoms with Gasteiger partial charge in [-0.3, -0.25) is 4.79 Å². The average Bonchev–Trinajstić information content (AvgIpc) is 2.63. The zero-order chi connectivity index (χ0) is 11.7. The molecule has 0 aliphatic carbocycles. The Morgan fingerprint density at radius 2 is 2.25 bits per heavy atom. The topological polar surface area (TPSA) is 76.5 Å². The molecular formula is C11H10FNO3. The Bertz CT molecular complexity index is 535. The Morgan fingerprint density at radius 1 is 1.50 bits per heavy atom. The highest BCUT2D eigenvalue weighted by Gasteiger charge is 2.18. The highest BCUT2D eigenvalue weighted by atomic mass is 19.1. The maximum Gasteiger partial charge on any atom is 0.305 e. The summed E-state index contributed by atoms with van der Waals surface area (Å²) < 4.78 is 18.7. The van der Waals surface area contributed by atoms with Gasteiger partial charge in [-0.05, 0) is 18.2 Å². The number of furan rings is 1. The number of nitrogens with two attached hydrogens (primary N) is 1. The van der Waals surface area contributed by atoms with Crippen LogP contribution in [0.4, 0.5) is 4.39 Å². The molecular weight excluding hydrogens is 213 g/mol. The van der Waals surface area contributed by atoms with Crippen molar-refractivity contribution in [1.82, 2.24) is 0 Å². The molecule has 0 amide bonds. The molecule has 1 atom stereocenters. The molecule has 2 aromatic rings. The van der Waals surface area contributed by atoms with Crippen molar-refractivity contribution in [3.8, 4) is 0 Å². The van der Waals surface area contributed by atoms with Crippen LogP contribution in [0.2, 0.25) is 0 Å². The molecule has 0 fully saturated rings. The van der Waals surface area contributed by atoms with Crippen LogP contribution in [0.3, 0.4) is 0 Å². The summed E-state index contributed by atoms with van der Waals surface area (Å²) in [7, 11) is 0. The van der Waals surface area contributed by atoms with Crippen LogP contribution in [-0.4, -0.2) is 11.1 Å². The van der Waals surface area contributed by atoms with Crippen molar-refractivity contribution in [2.45, 2.75) is 12.5 Å². The fraction of sp³-hybridized carbons (Fsp3) is 0.182. The first-order valence-electron chi connectivity index (χ1n) is 4.72. The quantitative estimate of drug-likeness (QED) is 0.834. The molecule has 0 bridgehead atoms. The number of carbonyl (C=O) groups is 1. The van der Waals surface area contributed by atoms with Gasteiger partial charge in [-0.25, -0.2) is 4.39 Å². The minimum absolute atomic E-state index is 0.189. The lowest BCUT2D eigenvalue weighted by atomic mass is 10.0. The van der Waals surface area contributed by atoms with Gasteiger partial charge >= 0.3 is 5.97 Å². The number of hydrogen-bond donors (Lipinski definition) is 2. The van der Waals surface area contributed by atoms with Crippen molar-refractivity contribution in [3.05, 3.63) is 35.8 Å². The molecule has 0 saturated heterocycles. The normalized spacial score (nSPS) is 12.9. The zero-order valence-electron chi connectivity index (χ0n) is 8.31. The van der Waals surface area contributed by atoms with Crippen LogP contribution in [0, 0.1) is 5.82 Å². The number of carboxylic acid groups (broad SMARTS) is 1. The van der Waals surface area contributed by atoms with E-state index in [9.17, 15) is 9.18 Å². The van der Waals surface area contributed by atoms with E-state index in [1.54, 1.807) is 6.07 Å². The molecule has 0 saturated carbocycles. The summed E-state index contributed by atoms with van der Waals surface area (Å²) in [5, 5.41) is 9.15. The minimum Gasteiger partial charge on any atom is -0.481 e. The fourth-order valence-corrected chi connectivity index (χ4v) is 1.71. The third-order valence-corrected chi connectivity index (χ3v) is 2.39. The molecule has 5 heteroatoms. The van der Waals surface area contributed by atoms with Crippen LogP contribution in [0.15, 0.2) is 28.9 Å². The van der Waals surface area contributed by atoms with E-state index >= 15 is 0 Å². The SMILES string of the molecule is NC(CC(=O)O)c1c(F)ccc2occc12. The third kappa shape index (κ3) is 1.77. The second-order valence-electron chi connectivity index (χ2n) is 3.50. The summed E-state index contributed by atoms with van der Waals surface area (Å²) in [5.41, 5.74) is 6.35. The second kappa shape index (κ2) is 3.94. The van der Waals surface area contributed by atoms with Crippen LogP contribution >= 0.6 is 0 Å². The predicted molar refractivity (Wildman–Crippen MR) is 55.4 cm³/mol. The van der Waals surface area contributed by atoms with Crippen molar-refractivity contribution in [3.63, 3.8) is 0 Å². The molecule has 1 aromatic heterocycles. The summed E-state index contributed by atoms with van der Waals surface area (Å²) in [6, 6.07) is 3.42. The fourth-order valence-electron chi connectivity index (χ4n) is 1.71. The van der Waals surface area contributed by atoms with Gasteiger partial charge in [-0.1, -0.05) is 0 Å². The van der Waals surface area contributed by atoms with Crippen LogP contribution in [-0.2, 0) is 4.79 Å². The zero-order valence-corrected chi connectivity index (χ0v) is 8.31. The van der Waals surface area contributed by atoms with Gasteiger partial charge in [0, 0.05) is 17.0 Å². The molecule has 3 N–H and O–H groups in total. The summed E-state index contributed by atoms with van der Waals surface area (Å²) in [5.74, 6) is -1.57. The molecule has 84 valence electrons. The van der Waals surface area contributed by atoms with Crippen molar-refractivity contribution < 1.29 is 18.7 Å². The second-order valence-corrected chi connectivity index (χ2v) is 3.50. The molecule has 0 aliphatic rings. The number of benzene rings is 1. The van der Waals surface area contributed by atoms with Gasteiger partial charge in [0.25, 0.3) is 0 Å². The van der Waals surface area contributed by atoms with Gasteiger partial charge in [-0.2, -0.15) is 0 Å². The van der Waals surface area contributed by atoms with Gasteiger partial charge in [0.2, 0.25) is 0 Å². The van der Waals surface area contributed by atoms with E-state index in [1.807, 2.05) is 0 Å². The van der Waals surface area contributed by atoms with E-state index in [4.69, 9.17) is 15.3 Å². The largest absolute Gasteiger partial charge is 0.481 e. The lowest BCUT2D eigenvalue weighted by molar-refractivity contribution is -0.137. The van der Waals surface area contributed by atoms with Crippen molar-refractivity contribution in [1.29, 1.82) is 0 Å². The average molecular weight is 223 g/mol. The number of rotatable bonds is 3. The number of fused-ring (bicyclic) bond motifs is 1. The summed E-state index contributed by atoms with van der Waals surface area (Å²) in [6.07, 6.45) is 1.10. The van der Waals surface area contributed by atoms with E-state index in [-0.39, 0.29) is 12.0 Å². The van der Waals surface area contributed by atoms with Crippen LogP contribution < -0.4 is 5.73 Å². The number of aliphatic carboxylic acids is 1. The van der Waals surface area contributed by atoms with Gasteiger partial charge in [-0.15, -0.1) is 0 Å². The molecule has 1 aromatic carbocycles. The van der Waals surface area contributed by atoms with Gasteiger partial charge < -0.3 is 15.3 Å². The number of hydrogen-bond acceptors (Lipinski definition) is 3. The van der Waals surface area contributed by atoms with Gasteiger partial charge in [0.15, 0.2) is 0 Å². The standard InChI is InChI=1S/C11H10FNO3/c12-7-1-2-9-6(3-4-16-9)11(7)8(13)5-10(14)15/h1-4,8H,5,13H2,(H,14,15). The Labute approximate surface area is 90.5 Å². The Hall–Kier alpha value is -1.88. The lowest BCUT2D eigenvalue weighted by Crippen LogP contribution is -2.16. The van der Waals surface area contributed by atoms with Gasteiger partial charge in [0.05, 0.1) is 12.7 Å². The molecule has 0 spiro atoms. The molecule has 16 heavy (non-hydrogen) atoms. The third-order valence-electron chi connectivity index (χ3n) is 2.39. The van der Waals surface area contributed by atoms with E-state index < -0.39 is 17.8 Å². The highest BCUT2D eigenvalue weighted by molar-refractivity contribution is 5.82. The predicted octanol–water partition coefficient (Wildman–Crippen LogP) is 2.05. The van der Waals surface area contributed by atoms with E-state index in [0.29, 0.717) is 11.0 Å². The Kier molecular flexibility index (Phi) is 2.62. The molecule has 1 unspecified atom stereocenters. The first kappa shape index (κ1) is 10.6. The van der Waals surface area contributed by atoms with E-state index in [1.165, 1.54) is 18.4 Å². The van der Waals surface area contributed by atoms with Crippen molar-refractivity contribution in [2.24, 2.45) is 5.73 Å². The van der Waals surface area contributed by atoms with Crippen LogP contribution in [0.5, 0.6) is 0 Å². The first-order chi connectivity index (χ1) is 7.59. The monoisotopic (exact) mass is 223 g/mol. The van der Waals surface area contributed by atoms with E-state index in [2.05, 4.69) is 0 Å². The Morgan fingerprint density at radius 3 is 2.94 bits per heavy atom. The summed E-state index contributed by atoms with van der Waals surface area (Å²) >= 11 is 0. The lowest BCUT2D eigenvalue weighted by Gasteiger charge is -2.11. The summed E-state index contributed by atoms with van der Waals surface area (Å²) in [6.45, 7) is 0. The molecule has 4 nitrogen and oxygen atoms in total. The summed E-state index contributed by atoms with van der Waals surface area (Å²) in [4.78, 5) is 10.5. The number of carboxylic acids is 1. The minimum atomic E-state index is -1.06. The molecule has 1 heterocycles. The van der Waals surface area contributed by atoms with Crippen molar-refractivity contribution >= 4 is 16.9 Å². The molecule has 0 radical (unpaired) electrons. The first-order valence-corrected chi connectivity index (χ1v) is 4.72. The maximum absolute atomic E-state index is 13.6. The van der Waals surface area contributed by atoms with Crippen molar-refractivity contribution in [2.75, 3.05) is 0 Å².